The summed E-state index contributed by atoms with van der Waals surface area (Å²) >= 11 is 0. The highest BCUT2D eigenvalue weighted by molar-refractivity contribution is 5.94. The summed E-state index contributed by atoms with van der Waals surface area (Å²) in [5.74, 6) is 0.592. The van der Waals surface area contributed by atoms with Crippen molar-refractivity contribution in [2.24, 2.45) is 0 Å². The van der Waals surface area contributed by atoms with Crippen molar-refractivity contribution in [1.29, 1.82) is 0 Å². The number of hydrogen-bond acceptors (Lipinski definition) is 4. The zero-order chi connectivity index (χ0) is 15.2. The predicted molar refractivity (Wildman–Crippen MR) is 79.5 cm³/mol. The smallest absolute Gasteiger partial charge is 0.255 e. The highest BCUT2D eigenvalue weighted by Gasteiger charge is 2.12. The Balaban J connectivity index is 1.89. The van der Waals surface area contributed by atoms with Gasteiger partial charge in [-0.05, 0) is 24.6 Å². The van der Waals surface area contributed by atoms with Crippen molar-refractivity contribution in [2.75, 3.05) is 20.2 Å². The van der Waals surface area contributed by atoms with Gasteiger partial charge in [-0.25, -0.2) is 0 Å². The van der Waals surface area contributed by atoms with Gasteiger partial charge in [0.2, 0.25) is 0 Å². The summed E-state index contributed by atoms with van der Waals surface area (Å²) in [6.07, 6.45) is 2.72. The molecule has 0 bridgehead atoms. The number of benzene rings is 1. The van der Waals surface area contributed by atoms with E-state index in [1.54, 1.807) is 7.05 Å². The topological polar surface area (TPSA) is 62.7 Å². The number of aryl methyl sites for hydroxylation is 1. The standard InChI is InChI=1S/C16H18N2O3/c1-12-5-3-4-6-15(12)21-8-7-18(2)16(20)13-9-14(19)11-17-10-13/h3-6,9-11,19H,7-8H2,1-2H3. The van der Waals surface area contributed by atoms with Crippen LogP contribution in [0.25, 0.3) is 0 Å². The average Bonchev–Trinajstić information content (AvgIpc) is 2.48. The highest BCUT2D eigenvalue weighted by Crippen LogP contribution is 2.16. The monoisotopic (exact) mass is 286 g/mol. The lowest BCUT2D eigenvalue weighted by atomic mass is 10.2. The van der Waals surface area contributed by atoms with Gasteiger partial charge in [0.25, 0.3) is 5.91 Å². The van der Waals surface area contributed by atoms with Crippen LogP contribution in [0.15, 0.2) is 42.7 Å². The van der Waals surface area contributed by atoms with Crippen molar-refractivity contribution >= 4 is 5.91 Å². The third-order valence-electron chi connectivity index (χ3n) is 3.10. The molecule has 1 heterocycles. The molecule has 1 N–H and O–H groups in total. The van der Waals surface area contributed by atoms with Gasteiger partial charge in [-0.2, -0.15) is 0 Å². The lowest BCUT2D eigenvalue weighted by Crippen LogP contribution is -2.31. The van der Waals surface area contributed by atoms with Crippen LogP contribution in [-0.4, -0.2) is 41.1 Å². The number of pyridine rings is 1. The first-order valence-corrected chi connectivity index (χ1v) is 6.66. The van der Waals surface area contributed by atoms with Crippen molar-refractivity contribution in [3.8, 4) is 11.5 Å². The molecule has 21 heavy (non-hydrogen) atoms. The molecule has 0 radical (unpaired) electrons. The fourth-order valence-corrected chi connectivity index (χ4v) is 1.88. The van der Waals surface area contributed by atoms with Gasteiger partial charge < -0.3 is 14.7 Å². The zero-order valence-electron chi connectivity index (χ0n) is 12.1. The van der Waals surface area contributed by atoms with Crippen LogP contribution in [-0.2, 0) is 0 Å². The molecule has 0 aliphatic carbocycles. The Morgan fingerprint density at radius 3 is 2.81 bits per heavy atom. The Kier molecular flexibility index (Phi) is 4.77. The maximum Gasteiger partial charge on any atom is 0.255 e. The Labute approximate surface area is 123 Å². The molecule has 0 saturated heterocycles. The molecule has 5 heteroatoms. The lowest BCUT2D eigenvalue weighted by Gasteiger charge is -2.18. The molecule has 0 atom stereocenters. The number of aromatic hydroxyl groups is 1. The second-order valence-electron chi connectivity index (χ2n) is 4.77. The van der Waals surface area contributed by atoms with Crippen molar-refractivity contribution < 1.29 is 14.6 Å². The molecule has 0 aliphatic heterocycles. The SMILES string of the molecule is Cc1ccccc1OCCN(C)C(=O)c1cncc(O)c1. The number of carbonyl (C=O) groups is 1. The van der Waals surface area contributed by atoms with Gasteiger partial charge in [0.1, 0.15) is 18.1 Å². The summed E-state index contributed by atoms with van der Waals surface area (Å²) in [5, 5.41) is 9.34. The van der Waals surface area contributed by atoms with Crippen LogP contribution in [0.1, 0.15) is 15.9 Å². The van der Waals surface area contributed by atoms with E-state index in [1.807, 2.05) is 31.2 Å². The minimum atomic E-state index is -0.202. The van der Waals surface area contributed by atoms with E-state index < -0.39 is 0 Å². The normalized spacial score (nSPS) is 10.2. The van der Waals surface area contributed by atoms with Crippen LogP contribution in [0.3, 0.4) is 0 Å². The van der Waals surface area contributed by atoms with Gasteiger partial charge in [0.05, 0.1) is 18.3 Å². The molecule has 1 aromatic heterocycles. The predicted octanol–water partition coefficient (Wildman–Crippen LogP) is 2.25. The Morgan fingerprint density at radius 2 is 2.10 bits per heavy atom. The van der Waals surface area contributed by atoms with Crippen LogP contribution >= 0.6 is 0 Å². The molecule has 2 aromatic rings. The third-order valence-corrected chi connectivity index (χ3v) is 3.10. The van der Waals surface area contributed by atoms with Gasteiger partial charge in [0, 0.05) is 13.2 Å². The molecule has 5 nitrogen and oxygen atoms in total. The number of likely N-dealkylation sites (N-methyl/N-ethyl adjacent to an activating group) is 1. The van der Waals surface area contributed by atoms with Crippen molar-refractivity contribution in [1.82, 2.24) is 9.88 Å². The largest absolute Gasteiger partial charge is 0.506 e. The molecule has 0 aliphatic rings. The average molecular weight is 286 g/mol. The zero-order valence-corrected chi connectivity index (χ0v) is 12.1. The van der Waals surface area contributed by atoms with E-state index in [-0.39, 0.29) is 11.7 Å². The summed E-state index contributed by atoms with van der Waals surface area (Å²) in [6.45, 7) is 2.82. The van der Waals surface area contributed by atoms with Crippen molar-refractivity contribution in [2.45, 2.75) is 6.92 Å². The molecule has 0 saturated carbocycles. The summed E-state index contributed by atoms with van der Waals surface area (Å²) in [5.41, 5.74) is 1.41. The van der Waals surface area contributed by atoms with E-state index in [0.29, 0.717) is 18.7 Å². The fraction of sp³-hybridized carbons (Fsp3) is 0.250. The van der Waals surface area contributed by atoms with Crippen molar-refractivity contribution in [3.05, 3.63) is 53.9 Å². The van der Waals surface area contributed by atoms with Gasteiger partial charge >= 0.3 is 0 Å². The number of ether oxygens (including phenoxy) is 1. The Morgan fingerprint density at radius 1 is 1.33 bits per heavy atom. The minimum absolute atomic E-state index is 0.0228. The van der Waals surface area contributed by atoms with Crippen LogP contribution < -0.4 is 4.74 Å². The number of carbonyl (C=O) groups excluding carboxylic acids is 1. The van der Waals surface area contributed by atoms with Crippen LogP contribution in [0.4, 0.5) is 0 Å². The first-order valence-electron chi connectivity index (χ1n) is 6.66. The maximum atomic E-state index is 12.1. The maximum absolute atomic E-state index is 12.1. The molecule has 1 amide bonds. The Bertz CT molecular complexity index is 628. The van der Waals surface area contributed by atoms with Crippen LogP contribution in [0, 0.1) is 6.92 Å². The second-order valence-corrected chi connectivity index (χ2v) is 4.77. The molecule has 1 aromatic carbocycles. The Hall–Kier alpha value is -2.56. The van der Waals surface area contributed by atoms with E-state index >= 15 is 0 Å². The first kappa shape index (κ1) is 14.8. The van der Waals surface area contributed by atoms with E-state index in [0.717, 1.165) is 11.3 Å². The van der Waals surface area contributed by atoms with E-state index in [4.69, 9.17) is 4.74 Å². The molecular formula is C16H18N2O3. The van der Waals surface area contributed by atoms with Gasteiger partial charge in [-0.15, -0.1) is 0 Å². The molecule has 0 unspecified atom stereocenters. The lowest BCUT2D eigenvalue weighted by molar-refractivity contribution is 0.0773. The first-order chi connectivity index (χ1) is 10.1. The van der Waals surface area contributed by atoms with Gasteiger partial charge in [0.15, 0.2) is 0 Å². The number of amides is 1. The summed E-state index contributed by atoms with van der Waals surface area (Å²) < 4.78 is 5.66. The van der Waals surface area contributed by atoms with E-state index in [9.17, 15) is 9.90 Å². The summed E-state index contributed by atoms with van der Waals surface area (Å²) in [6, 6.07) is 9.13. The number of para-hydroxylation sites is 1. The molecule has 2 rings (SSSR count). The number of rotatable bonds is 5. The van der Waals surface area contributed by atoms with Crippen LogP contribution in [0.2, 0.25) is 0 Å². The third kappa shape index (κ3) is 3.95. The fourth-order valence-electron chi connectivity index (χ4n) is 1.88. The minimum Gasteiger partial charge on any atom is -0.506 e. The van der Waals surface area contributed by atoms with Crippen molar-refractivity contribution in [3.63, 3.8) is 0 Å². The molecular weight excluding hydrogens is 268 g/mol. The summed E-state index contributed by atoms with van der Waals surface area (Å²) in [4.78, 5) is 17.5. The summed E-state index contributed by atoms with van der Waals surface area (Å²) in [7, 11) is 1.69. The number of aromatic nitrogens is 1. The number of hydrogen-bond donors (Lipinski definition) is 1. The molecule has 110 valence electrons. The van der Waals surface area contributed by atoms with Crippen LogP contribution in [0.5, 0.6) is 11.5 Å². The molecule has 0 fully saturated rings. The second kappa shape index (κ2) is 6.74. The molecule has 0 spiro atoms. The highest BCUT2D eigenvalue weighted by atomic mass is 16.5. The number of nitrogens with zero attached hydrogens (tertiary/aromatic N) is 2. The quantitative estimate of drug-likeness (QED) is 0.915. The van der Waals surface area contributed by atoms with Gasteiger partial charge in [-0.3, -0.25) is 9.78 Å². The van der Waals surface area contributed by atoms with E-state index in [1.165, 1.54) is 23.4 Å². The van der Waals surface area contributed by atoms with E-state index in [2.05, 4.69) is 4.98 Å². The van der Waals surface area contributed by atoms with Gasteiger partial charge in [-0.1, -0.05) is 18.2 Å².